The number of piperidine rings is 1. The second-order valence-electron chi connectivity index (χ2n) is 5.91. The molecule has 1 saturated heterocycles. The molecule has 2 N–H and O–H groups in total. The number of nitrogens with two attached hydrogens (primary N) is 1. The fourth-order valence-electron chi connectivity index (χ4n) is 2.98. The van der Waals surface area contributed by atoms with Crippen molar-refractivity contribution in [2.24, 2.45) is 17.6 Å². The van der Waals surface area contributed by atoms with Crippen LogP contribution in [0.3, 0.4) is 0 Å². The maximum absolute atomic E-state index is 12.3. The highest BCUT2D eigenvalue weighted by molar-refractivity contribution is 5.78. The van der Waals surface area contributed by atoms with Crippen molar-refractivity contribution < 1.29 is 4.79 Å². The number of amides is 1. The van der Waals surface area contributed by atoms with E-state index in [0.717, 1.165) is 26.2 Å². The quantitative estimate of drug-likeness (QED) is 0.792. The summed E-state index contributed by atoms with van der Waals surface area (Å²) >= 11 is 0. The summed E-state index contributed by atoms with van der Waals surface area (Å²) in [7, 11) is 0. The second kappa shape index (κ2) is 6.02. The van der Waals surface area contributed by atoms with Crippen LogP contribution in [-0.2, 0) is 4.79 Å². The van der Waals surface area contributed by atoms with E-state index >= 15 is 0 Å². The molecule has 0 spiro atoms. The molecule has 2 aliphatic rings. The Morgan fingerprint density at radius 1 is 1.39 bits per heavy atom. The Kier molecular flexibility index (Phi) is 4.62. The number of carbonyl (C=O) groups excluding carboxylic acids is 1. The number of hydrogen-bond donors (Lipinski definition) is 1. The highest BCUT2D eigenvalue weighted by atomic mass is 16.2. The first kappa shape index (κ1) is 13.8. The SMILES string of the molecule is CCN(C(=O)CN1CCC(C)C(CN)C1)C1CC1. The van der Waals surface area contributed by atoms with Gasteiger partial charge in [0.1, 0.15) is 0 Å². The normalized spacial score (nSPS) is 29.3. The molecule has 0 aromatic rings. The molecule has 18 heavy (non-hydrogen) atoms. The van der Waals surface area contributed by atoms with Crippen molar-refractivity contribution in [2.45, 2.75) is 39.2 Å². The molecule has 4 heteroatoms. The van der Waals surface area contributed by atoms with Gasteiger partial charge in [-0.2, -0.15) is 0 Å². The van der Waals surface area contributed by atoms with Gasteiger partial charge in [-0.1, -0.05) is 6.92 Å². The molecule has 0 radical (unpaired) electrons. The molecule has 1 aliphatic carbocycles. The molecule has 1 saturated carbocycles. The highest BCUT2D eigenvalue weighted by Crippen LogP contribution is 2.27. The number of rotatable bonds is 5. The van der Waals surface area contributed by atoms with E-state index in [9.17, 15) is 4.79 Å². The summed E-state index contributed by atoms with van der Waals surface area (Å²) in [6.45, 7) is 8.58. The summed E-state index contributed by atoms with van der Waals surface area (Å²) in [5, 5.41) is 0. The largest absolute Gasteiger partial charge is 0.339 e. The van der Waals surface area contributed by atoms with Crippen molar-refractivity contribution in [3.05, 3.63) is 0 Å². The second-order valence-corrected chi connectivity index (χ2v) is 5.91. The molecule has 1 amide bonds. The van der Waals surface area contributed by atoms with Gasteiger partial charge in [-0.15, -0.1) is 0 Å². The molecule has 2 unspecified atom stereocenters. The summed E-state index contributed by atoms with van der Waals surface area (Å²) < 4.78 is 0. The Hall–Kier alpha value is -0.610. The van der Waals surface area contributed by atoms with E-state index in [1.165, 1.54) is 19.3 Å². The van der Waals surface area contributed by atoms with Crippen LogP contribution in [0.1, 0.15) is 33.1 Å². The Balaban J connectivity index is 1.83. The van der Waals surface area contributed by atoms with Crippen molar-refractivity contribution in [1.29, 1.82) is 0 Å². The summed E-state index contributed by atoms with van der Waals surface area (Å²) in [5.74, 6) is 1.57. The van der Waals surface area contributed by atoms with Gasteiger partial charge in [-0.05, 0) is 51.1 Å². The summed E-state index contributed by atoms with van der Waals surface area (Å²) in [4.78, 5) is 16.6. The zero-order chi connectivity index (χ0) is 13.1. The first-order valence-electron chi connectivity index (χ1n) is 7.37. The van der Waals surface area contributed by atoms with E-state index in [1.54, 1.807) is 0 Å². The van der Waals surface area contributed by atoms with Crippen LogP contribution in [0.15, 0.2) is 0 Å². The predicted molar refractivity (Wildman–Crippen MR) is 73.2 cm³/mol. The lowest BCUT2D eigenvalue weighted by atomic mass is 9.87. The molecule has 2 atom stereocenters. The minimum absolute atomic E-state index is 0.310. The Labute approximate surface area is 110 Å². The molecule has 0 aromatic carbocycles. The standard InChI is InChI=1S/C14H27N3O/c1-3-17(13-4-5-13)14(18)10-16-7-6-11(2)12(8-15)9-16/h11-13H,3-10,15H2,1-2H3. The molecule has 1 heterocycles. The highest BCUT2D eigenvalue weighted by Gasteiger charge is 2.33. The van der Waals surface area contributed by atoms with Crippen LogP contribution in [0.5, 0.6) is 0 Å². The zero-order valence-corrected chi connectivity index (χ0v) is 11.8. The van der Waals surface area contributed by atoms with Crippen molar-refractivity contribution in [3.63, 3.8) is 0 Å². The number of carbonyl (C=O) groups is 1. The van der Waals surface area contributed by atoms with Crippen molar-refractivity contribution in [2.75, 3.05) is 32.7 Å². The van der Waals surface area contributed by atoms with E-state index in [4.69, 9.17) is 5.73 Å². The summed E-state index contributed by atoms with van der Waals surface area (Å²) in [6, 6.07) is 0.538. The smallest absolute Gasteiger partial charge is 0.236 e. The van der Waals surface area contributed by atoms with E-state index in [1.807, 2.05) is 0 Å². The van der Waals surface area contributed by atoms with Gasteiger partial charge < -0.3 is 10.6 Å². The van der Waals surface area contributed by atoms with Crippen molar-refractivity contribution >= 4 is 5.91 Å². The fourth-order valence-corrected chi connectivity index (χ4v) is 2.98. The Morgan fingerprint density at radius 3 is 2.67 bits per heavy atom. The number of hydrogen-bond acceptors (Lipinski definition) is 3. The molecule has 4 nitrogen and oxygen atoms in total. The Bertz CT molecular complexity index is 291. The molecule has 2 fully saturated rings. The first-order valence-corrected chi connectivity index (χ1v) is 7.37. The third-order valence-corrected chi connectivity index (χ3v) is 4.51. The van der Waals surface area contributed by atoms with Gasteiger partial charge in [0.05, 0.1) is 6.54 Å². The third kappa shape index (κ3) is 3.23. The van der Waals surface area contributed by atoms with E-state index in [0.29, 0.717) is 30.3 Å². The number of nitrogens with zero attached hydrogens (tertiary/aromatic N) is 2. The van der Waals surface area contributed by atoms with Crippen LogP contribution in [0.2, 0.25) is 0 Å². The topological polar surface area (TPSA) is 49.6 Å². The van der Waals surface area contributed by atoms with Gasteiger partial charge in [0.15, 0.2) is 0 Å². The Morgan fingerprint density at radius 2 is 2.11 bits per heavy atom. The fraction of sp³-hybridized carbons (Fsp3) is 0.929. The monoisotopic (exact) mass is 253 g/mol. The van der Waals surface area contributed by atoms with Gasteiger partial charge in [0.2, 0.25) is 5.91 Å². The maximum atomic E-state index is 12.3. The van der Waals surface area contributed by atoms with Crippen LogP contribution in [-0.4, -0.2) is 54.5 Å². The molecule has 2 rings (SSSR count). The minimum Gasteiger partial charge on any atom is -0.339 e. The maximum Gasteiger partial charge on any atom is 0.236 e. The zero-order valence-electron chi connectivity index (χ0n) is 11.8. The van der Waals surface area contributed by atoms with Gasteiger partial charge in [0.25, 0.3) is 0 Å². The third-order valence-electron chi connectivity index (χ3n) is 4.51. The van der Waals surface area contributed by atoms with E-state index in [2.05, 4.69) is 23.6 Å². The predicted octanol–water partition coefficient (Wildman–Crippen LogP) is 0.914. The minimum atomic E-state index is 0.310. The van der Waals surface area contributed by atoms with Gasteiger partial charge >= 0.3 is 0 Å². The van der Waals surface area contributed by atoms with Gasteiger partial charge in [-0.3, -0.25) is 9.69 Å². The molecular formula is C14H27N3O. The lowest BCUT2D eigenvalue weighted by Gasteiger charge is -2.37. The average molecular weight is 253 g/mol. The summed E-state index contributed by atoms with van der Waals surface area (Å²) in [5.41, 5.74) is 5.81. The molecule has 0 aromatic heterocycles. The van der Waals surface area contributed by atoms with Crippen LogP contribution in [0.4, 0.5) is 0 Å². The molecule has 0 bridgehead atoms. The molecule has 1 aliphatic heterocycles. The van der Waals surface area contributed by atoms with E-state index in [-0.39, 0.29) is 0 Å². The van der Waals surface area contributed by atoms with Crippen molar-refractivity contribution in [1.82, 2.24) is 9.80 Å². The number of likely N-dealkylation sites (N-methyl/N-ethyl adjacent to an activating group) is 1. The van der Waals surface area contributed by atoms with Crippen LogP contribution < -0.4 is 5.73 Å². The van der Waals surface area contributed by atoms with Crippen LogP contribution in [0, 0.1) is 11.8 Å². The van der Waals surface area contributed by atoms with Gasteiger partial charge in [0, 0.05) is 19.1 Å². The van der Waals surface area contributed by atoms with Gasteiger partial charge in [-0.25, -0.2) is 0 Å². The van der Waals surface area contributed by atoms with Crippen molar-refractivity contribution in [3.8, 4) is 0 Å². The van der Waals surface area contributed by atoms with E-state index < -0.39 is 0 Å². The first-order chi connectivity index (χ1) is 8.65. The number of likely N-dealkylation sites (tertiary alicyclic amines) is 1. The van der Waals surface area contributed by atoms with Crippen LogP contribution in [0.25, 0.3) is 0 Å². The molecular weight excluding hydrogens is 226 g/mol. The van der Waals surface area contributed by atoms with Crippen LogP contribution >= 0.6 is 0 Å². The lowest BCUT2D eigenvalue weighted by Crippen LogP contribution is -2.48. The molecule has 104 valence electrons. The summed E-state index contributed by atoms with van der Waals surface area (Å²) in [6.07, 6.45) is 3.56. The lowest BCUT2D eigenvalue weighted by molar-refractivity contribution is -0.133. The average Bonchev–Trinajstić information content (AvgIpc) is 3.17.